The third-order valence-electron chi connectivity index (χ3n) is 5.26. The molecule has 0 aromatic carbocycles. The molecule has 19 heteroatoms. The summed E-state index contributed by atoms with van der Waals surface area (Å²) >= 11 is 2.22. The van der Waals surface area contributed by atoms with Crippen molar-refractivity contribution >= 4 is 51.1 Å². The van der Waals surface area contributed by atoms with Crippen LogP contribution in [0.3, 0.4) is 0 Å². The number of nitrogens with zero attached hydrogens (tertiary/aromatic N) is 5. The van der Waals surface area contributed by atoms with Gasteiger partial charge in [-0.25, -0.2) is 17.9 Å². The molecule has 3 N–H and O–H groups in total. The smallest absolute Gasteiger partial charge is 0.352 e. The maximum atomic E-state index is 13.0. The number of amides is 2. The molecular formula is C17H19N7O9S3. The molecule has 4 rings (SSSR count). The number of thioether (sulfide) groups is 2. The first-order valence-corrected chi connectivity index (χ1v) is 13.8. The molecule has 1 saturated heterocycles. The fraction of sp³-hybridized carbons (Fsp3) is 0.471. The minimum absolute atomic E-state index is 0.126. The molecule has 0 aliphatic carbocycles. The van der Waals surface area contributed by atoms with Crippen LogP contribution in [0, 0.1) is 0 Å². The van der Waals surface area contributed by atoms with Crippen LogP contribution in [-0.4, -0.2) is 97.5 Å². The Morgan fingerprint density at radius 2 is 2.14 bits per heavy atom. The number of hydrogen-bond donors (Lipinski definition) is 3. The predicted molar refractivity (Wildman–Crippen MR) is 122 cm³/mol. The van der Waals surface area contributed by atoms with Gasteiger partial charge in [0.25, 0.3) is 11.5 Å². The molecule has 0 radical (unpaired) electrons. The van der Waals surface area contributed by atoms with Gasteiger partial charge in [-0.05, 0) is 22.2 Å². The highest BCUT2D eigenvalue weighted by Crippen LogP contribution is 2.44. The Labute approximate surface area is 210 Å². The van der Waals surface area contributed by atoms with E-state index < -0.39 is 61.0 Å². The first-order valence-electron chi connectivity index (χ1n) is 9.94. The van der Waals surface area contributed by atoms with Crippen LogP contribution in [0.5, 0.6) is 0 Å². The number of H-pyrrole nitrogens is 1. The first kappa shape index (κ1) is 25.9. The summed E-state index contributed by atoms with van der Waals surface area (Å²) in [6, 6.07) is -0.382. The SMILES string of the molecule is COC(Sc1nnnn1C)C1=C(C(=O)O)N2C(=O)[C@@H](NC(=O)C(c3cc(=O)[nH]o3)S(C)(=O)=O)[C@@H]2SC1. The molecule has 4 heterocycles. The van der Waals surface area contributed by atoms with Crippen LogP contribution in [0.1, 0.15) is 11.0 Å². The van der Waals surface area contributed by atoms with E-state index in [0.29, 0.717) is 10.7 Å². The van der Waals surface area contributed by atoms with E-state index in [-0.39, 0.29) is 11.4 Å². The maximum Gasteiger partial charge on any atom is 0.352 e. The van der Waals surface area contributed by atoms with Crippen LogP contribution in [0.2, 0.25) is 0 Å². The number of tetrazole rings is 1. The quantitative estimate of drug-likeness (QED) is 0.173. The van der Waals surface area contributed by atoms with Crippen LogP contribution < -0.4 is 10.9 Å². The van der Waals surface area contributed by atoms with Gasteiger partial charge in [0.15, 0.2) is 20.8 Å². The molecule has 2 aliphatic rings. The Kier molecular flexibility index (Phi) is 6.99. The van der Waals surface area contributed by atoms with Crippen molar-refractivity contribution in [1.82, 2.24) is 35.6 Å². The van der Waals surface area contributed by atoms with E-state index in [2.05, 4.69) is 20.8 Å². The monoisotopic (exact) mass is 561 g/mol. The number of aromatic nitrogens is 5. The zero-order valence-corrected chi connectivity index (χ0v) is 21.2. The van der Waals surface area contributed by atoms with Gasteiger partial charge in [0.2, 0.25) is 11.1 Å². The molecule has 194 valence electrons. The van der Waals surface area contributed by atoms with Crippen molar-refractivity contribution in [3.63, 3.8) is 0 Å². The third-order valence-corrected chi connectivity index (χ3v) is 9.11. The number of aliphatic carboxylic acids is 1. The van der Waals surface area contributed by atoms with Crippen molar-refractivity contribution in [1.29, 1.82) is 0 Å². The largest absolute Gasteiger partial charge is 0.477 e. The Morgan fingerprint density at radius 1 is 1.42 bits per heavy atom. The molecule has 16 nitrogen and oxygen atoms in total. The predicted octanol–water partition coefficient (Wildman–Crippen LogP) is -1.92. The zero-order valence-electron chi connectivity index (χ0n) is 18.8. The number of hydrogen-bond acceptors (Lipinski definition) is 13. The van der Waals surface area contributed by atoms with Crippen LogP contribution >= 0.6 is 23.5 Å². The van der Waals surface area contributed by atoms with Gasteiger partial charge >= 0.3 is 5.97 Å². The molecule has 2 amide bonds. The number of fused-ring (bicyclic) bond motifs is 1. The molecule has 2 aromatic rings. The minimum Gasteiger partial charge on any atom is -0.477 e. The molecule has 0 spiro atoms. The van der Waals surface area contributed by atoms with Gasteiger partial charge in [0, 0.05) is 37.8 Å². The molecule has 1 fully saturated rings. The van der Waals surface area contributed by atoms with Gasteiger partial charge in [-0.1, -0.05) is 0 Å². The van der Waals surface area contributed by atoms with Gasteiger partial charge in [0.05, 0.1) is 0 Å². The summed E-state index contributed by atoms with van der Waals surface area (Å²) in [7, 11) is -1.12. The standard InChI is InChI=1S/C17H19N7O9S3/c1-23-17(19-21-22-23)35-16(32-2)6-5-34-14-9(13(27)24(14)10(6)15(28)29)18-12(26)11(36(3,30)31)7-4-8(25)20-33-7/h4,9,11,14,16H,5H2,1-3H3,(H,18,26)(H,20,25)(H,28,29)/t9-,11?,14+,16?/m1/s1. The van der Waals surface area contributed by atoms with E-state index in [9.17, 15) is 32.7 Å². The summed E-state index contributed by atoms with van der Waals surface area (Å²) in [5, 5.41) is 22.9. The van der Waals surface area contributed by atoms with Crippen LogP contribution in [0.4, 0.5) is 0 Å². The topological polar surface area (TPSA) is 220 Å². The van der Waals surface area contributed by atoms with E-state index in [1.807, 2.05) is 5.16 Å². The van der Waals surface area contributed by atoms with E-state index in [1.54, 1.807) is 7.05 Å². The number of aromatic amines is 1. The van der Waals surface area contributed by atoms with Gasteiger partial charge in [0.1, 0.15) is 22.5 Å². The number of aryl methyl sites for hydroxylation is 1. The van der Waals surface area contributed by atoms with Crippen molar-refractivity contribution in [2.75, 3.05) is 19.1 Å². The number of carboxylic acid groups (broad SMARTS) is 1. The first-order chi connectivity index (χ1) is 16.9. The maximum absolute atomic E-state index is 13.0. The zero-order chi connectivity index (χ0) is 26.4. The average Bonchev–Trinajstić information content (AvgIpc) is 3.41. The fourth-order valence-corrected chi connectivity index (χ4v) is 7.06. The van der Waals surface area contributed by atoms with Crippen molar-refractivity contribution in [3.05, 3.63) is 33.5 Å². The highest BCUT2D eigenvalue weighted by molar-refractivity contribution is 8.01. The summed E-state index contributed by atoms with van der Waals surface area (Å²) in [5.41, 5.74) is -1.59. The Morgan fingerprint density at radius 3 is 2.67 bits per heavy atom. The Hall–Kier alpha value is -3.16. The van der Waals surface area contributed by atoms with E-state index in [0.717, 1.165) is 40.7 Å². The van der Waals surface area contributed by atoms with Crippen LogP contribution in [-0.2, 0) is 36.0 Å². The van der Waals surface area contributed by atoms with Crippen LogP contribution in [0.15, 0.2) is 31.8 Å². The number of methoxy groups -OCH3 is 1. The lowest BCUT2D eigenvalue weighted by Crippen LogP contribution is -2.71. The third kappa shape index (κ3) is 4.65. The second-order valence-corrected chi connectivity index (χ2v) is 11.9. The number of sulfone groups is 1. The van der Waals surface area contributed by atoms with Gasteiger partial charge in [-0.2, -0.15) is 5.16 Å². The lowest BCUT2D eigenvalue weighted by Gasteiger charge is -2.50. The van der Waals surface area contributed by atoms with Crippen LogP contribution in [0.25, 0.3) is 0 Å². The lowest BCUT2D eigenvalue weighted by atomic mass is 10.0. The molecule has 2 unspecified atom stereocenters. The molecule has 4 atom stereocenters. The number of rotatable bonds is 9. The summed E-state index contributed by atoms with van der Waals surface area (Å²) in [5.74, 6) is -3.53. The van der Waals surface area contributed by atoms with Crippen molar-refractivity contribution in [3.8, 4) is 0 Å². The summed E-state index contributed by atoms with van der Waals surface area (Å²) < 4.78 is 36.1. The van der Waals surface area contributed by atoms with Gasteiger partial charge in [-0.15, -0.1) is 16.9 Å². The average molecular weight is 562 g/mol. The Balaban J connectivity index is 1.58. The number of carboxylic acids is 1. The lowest BCUT2D eigenvalue weighted by molar-refractivity contribution is -0.150. The number of nitrogens with one attached hydrogen (secondary N) is 2. The molecule has 2 aliphatic heterocycles. The van der Waals surface area contributed by atoms with E-state index >= 15 is 0 Å². The van der Waals surface area contributed by atoms with Gasteiger partial charge in [-0.3, -0.25) is 19.3 Å². The van der Waals surface area contributed by atoms with Gasteiger partial charge < -0.3 is 19.7 Å². The molecule has 0 bridgehead atoms. The molecule has 2 aromatic heterocycles. The summed E-state index contributed by atoms with van der Waals surface area (Å²) in [4.78, 5) is 50.4. The fourth-order valence-electron chi connectivity index (χ4n) is 3.69. The second-order valence-electron chi connectivity index (χ2n) is 7.67. The highest BCUT2D eigenvalue weighted by atomic mass is 32.2. The second kappa shape index (κ2) is 9.71. The Bertz CT molecular complexity index is 1410. The summed E-state index contributed by atoms with van der Waals surface area (Å²) in [6.45, 7) is 0. The van der Waals surface area contributed by atoms with Crippen molar-refractivity contribution in [2.24, 2.45) is 7.05 Å². The number of ether oxygens (including phenoxy) is 1. The van der Waals surface area contributed by atoms with Crippen molar-refractivity contribution < 1.29 is 37.2 Å². The van der Waals surface area contributed by atoms with E-state index in [1.165, 1.54) is 11.8 Å². The molecule has 36 heavy (non-hydrogen) atoms. The van der Waals surface area contributed by atoms with E-state index in [4.69, 9.17) is 9.26 Å². The number of β-lactam (4-membered cyclic amide) rings is 1. The summed E-state index contributed by atoms with van der Waals surface area (Å²) in [6.07, 6.45) is 0.779. The van der Waals surface area contributed by atoms with Crippen molar-refractivity contribution in [2.45, 2.75) is 27.3 Å². The number of carbonyl (C=O) groups excluding carboxylic acids is 2. The molecule has 0 saturated carbocycles. The molecular weight excluding hydrogens is 542 g/mol. The number of carbonyl (C=O) groups is 3. The highest BCUT2D eigenvalue weighted by Gasteiger charge is 2.55. The minimum atomic E-state index is -4.09. The normalized spacial score (nSPS) is 21.5.